The zero-order valence-electron chi connectivity index (χ0n) is 17.5. The van der Waals surface area contributed by atoms with Gasteiger partial charge in [0.2, 0.25) is 0 Å². The molecule has 158 valence electrons. The van der Waals surface area contributed by atoms with Crippen LogP contribution in [0.1, 0.15) is 29.5 Å². The van der Waals surface area contributed by atoms with E-state index < -0.39 is 23.1 Å². The summed E-state index contributed by atoms with van der Waals surface area (Å²) in [7, 11) is 3.00. The lowest BCUT2D eigenvalue weighted by molar-refractivity contribution is -0.140. The van der Waals surface area contributed by atoms with Crippen molar-refractivity contribution in [2.75, 3.05) is 5.32 Å². The van der Waals surface area contributed by atoms with Gasteiger partial charge in [-0.3, -0.25) is 18.9 Å². The Morgan fingerprint density at radius 3 is 2.52 bits per heavy atom. The molecule has 1 aromatic carbocycles. The number of nitrogens with zero attached hydrogens (tertiary/aromatic N) is 3. The number of pyridine rings is 1. The van der Waals surface area contributed by atoms with Gasteiger partial charge in [-0.05, 0) is 24.1 Å². The molecule has 3 heterocycles. The summed E-state index contributed by atoms with van der Waals surface area (Å²) >= 11 is 0. The van der Waals surface area contributed by atoms with Crippen molar-refractivity contribution in [1.29, 1.82) is 0 Å². The van der Waals surface area contributed by atoms with Gasteiger partial charge in [0.25, 0.3) is 5.56 Å². The first kappa shape index (κ1) is 20.3. The van der Waals surface area contributed by atoms with Gasteiger partial charge in [-0.25, -0.2) is 9.59 Å². The molecule has 3 aromatic rings. The Hall–Kier alpha value is -3.94. The van der Waals surface area contributed by atoms with Crippen LogP contribution in [0.2, 0.25) is 0 Å². The fourth-order valence-electron chi connectivity index (χ4n) is 3.84. The molecule has 1 aliphatic rings. The smallest absolute Gasteiger partial charge is 0.337 e. The quantitative estimate of drug-likeness (QED) is 0.652. The number of carbonyl (C=O) groups excluding carboxylic acids is 1. The average Bonchev–Trinajstić information content (AvgIpc) is 2.80. The van der Waals surface area contributed by atoms with Gasteiger partial charge in [0.15, 0.2) is 0 Å². The molecule has 0 unspecified atom stereocenters. The van der Waals surface area contributed by atoms with Crippen LogP contribution in [0.5, 0.6) is 0 Å². The molecule has 0 radical (unpaired) electrons. The first-order valence-corrected chi connectivity index (χ1v) is 9.78. The van der Waals surface area contributed by atoms with Gasteiger partial charge in [-0.15, -0.1) is 0 Å². The van der Waals surface area contributed by atoms with E-state index in [2.05, 4.69) is 10.3 Å². The van der Waals surface area contributed by atoms with Crippen molar-refractivity contribution in [2.24, 2.45) is 14.1 Å². The third kappa shape index (κ3) is 3.56. The van der Waals surface area contributed by atoms with Gasteiger partial charge in [0, 0.05) is 32.2 Å². The minimum atomic E-state index is -0.723. The molecule has 0 amide bonds. The Balaban J connectivity index is 1.84. The fourth-order valence-corrected chi connectivity index (χ4v) is 3.84. The van der Waals surface area contributed by atoms with Crippen LogP contribution in [0.25, 0.3) is 0 Å². The van der Waals surface area contributed by atoms with Crippen molar-refractivity contribution in [2.45, 2.75) is 19.4 Å². The molecule has 8 heteroatoms. The number of allylic oxidation sites excluding steroid dienone is 1. The molecule has 4 rings (SSSR count). The van der Waals surface area contributed by atoms with E-state index in [1.165, 1.54) is 11.6 Å². The molecule has 0 fully saturated rings. The maximum Gasteiger partial charge on any atom is 0.337 e. The van der Waals surface area contributed by atoms with Gasteiger partial charge in [0.1, 0.15) is 12.4 Å². The van der Waals surface area contributed by atoms with E-state index in [0.717, 1.165) is 10.1 Å². The summed E-state index contributed by atoms with van der Waals surface area (Å²) < 4.78 is 8.00. The van der Waals surface area contributed by atoms with Gasteiger partial charge in [0.05, 0.1) is 17.1 Å². The van der Waals surface area contributed by atoms with Crippen molar-refractivity contribution in [3.8, 4) is 0 Å². The molecule has 0 aliphatic carbocycles. The molecule has 1 aliphatic heterocycles. The Labute approximate surface area is 178 Å². The number of hydrogen-bond acceptors (Lipinski definition) is 6. The maximum absolute atomic E-state index is 13.2. The highest BCUT2D eigenvalue weighted by Crippen LogP contribution is 2.39. The summed E-state index contributed by atoms with van der Waals surface area (Å²) in [6, 6.07) is 12.9. The minimum Gasteiger partial charge on any atom is -0.457 e. The van der Waals surface area contributed by atoms with Crippen molar-refractivity contribution in [1.82, 2.24) is 14.1 Å². The third-order valence-corrected chi connectivity index (χ3v) is 5.44. The van der Waals surface area contributed by atoms with E-state index in [-0.39, 0.29) is 6.61 Å². The number of fused-ring (bicyclic) bond motifs is 1. The van der Waals surface area contributed by atoms with Crippen molar-refractivity contribution in [3.63, 3.8) is 0 Å². The average molecular weight is 418 g/mol. The number of carbonyl (C=O) groups is 1. The zero-order valence-corrected chi connectivity index (χ0v) is 17.5. The standard InChI is InChI=1S/C23H22N4O4/c1-14-17(22(29)31-13-15-8-5-4-6-9-15)18(16-10-7-11-24-12-16)19-20(25-14)26(2)23(30)27(3)21(19)28/h4-12,18,25H,13H2,1-3H3/t18-/m1/s1. The number of rotatable bonds is 4. The number of hydrogen-bond donors (Lipinski definition) is 1. The lowest BCUT2D eigenvalue weighted by atomic mass is 9.83. The Bertz CT molecular complexity index is 1290. The summed E-state index contributed by atoms with van der Waals surface area (Å²) in [6.45, 7) is 1.84. The first-order valence-electron chi connectivity index (χ1n) is 9.78. The van der Waals surface area contributed by atoms with E-state index >= 15 is 0 Å². The molecule has 0 spiro atoms. The molecule has 8 nitrogen and oxygen atoms in total. The molecule has 1 N–H and O–H groups in total. The minimum absolute atomic E-state index is 0.106. The Morgan fingerprint density at radius 1 is 1.10 bits per heavy atom. The van der Waals surface area contributed by atoms with Crippen molar-refractivity contribution in [3.05, 3.63) is 104 Å². The molecule has 0 bridgehead atoms. The van der Waals surface area contributed by atoms with Gasteiger partial charge in [-0.2, -0.15) is 0 Å². The number of benzene rings is 1. The maximum atomic E-state index is 13.2. The summed E-state index contributed by atoms with van der Waals surface area (Å²) in [5.41, 5.74) is 1.72. The van der Waals surface area contributed by atoms with Crippen molar-refractivity contribution >= 4 is 11.8 Å². The van der Waals surface area contributed by atoms with E-state index in [0.29, 0.717) is 28.2 Å². The van der Waals surface area contributed by atoms with Crippen LogP contribution < -0.4 is 16.6 Å². The molecular formula is C23H22N4O4. The van der Waals surface area contributed by atoms with E-state index in [1.807, 2.05) is 30.3 Å². The normalized spacial score (nSPS) is 15.3. The van der Waals surface area contributed by atoms with Crippen LogP contribution in [0.4, 0.5) is 5.82 Å². The van der Waals surface area contributed by atoms with Crippen LogP contribution in [0.15, 0.2) is 75.7 Å². The number of ether oxygens (including phenoxy) is 1. The van der Waals surface area contributed by atoms with E-state index in [9.17, 15) is 14.4 Å². The van der Waals surface area contributed by atoms with Gasteiger partial charge in [-0.1, -0.05) is 36.4 Å². The van der Waals surface area contributed by atoms with Gasteiger partial charge >= 0.3 is 11.7 Å². The predicted molar refractivity (Wildman–Crippen MR) is 116 cm³/mol. The highest BCUT2D eigenvalue weighted by molar-refractivity contribution is 5.94. The highest BCUT2D eigenvalue weighted by atomic mass is 16.5. The lowest BCUT2D eigenvalue weighted by Crippen LogP contribution is -2.43. The number of esters is 1. The molecular weight excluding hydrogens is 396 g/mol. The first-order chi connectivity index (χ1) is 14.9. The number of anilines is 1. The molecule has 2 aromatic heterocycles. The van der Waals surface area contributed by atoms with Crippen LogP contribution in [-0.2, 0) is 30.2 Å². The fraction of sp³-hybridized carbons (Fsp3) is 0.217. The molecule has 0 saturated carbocycles. The van der Waals surface area contributed by atoms with E-state index in [4.69, 9.17) is 4.74 Å². The van der Waals surface area contributed by atoms with Crippen LogP contribution in [0.3, 0.4) is 0 Å². The number of nitrogens with one attached hydrogen (secondary N) is 1. The summed E-state index contributed by atoms with van der Waals surface area (Å²) in [5.74, 6) is -0.901. The van der Waals surface area contributed by atoms with Gasteiger partial charge < -0.3 is 10.1 Å². The van der Waals surface area contributed by atoms with Crippen LogP contribution >= 0.6 is 0 Å². The Kier molecular flexibility index (Phi) is 5.29. The number of aromatic nitrogens is 3. The lowest BCUT2D eigenvalue weighted by Gasteiger charge is -2.30. The second kappa shape index (κ2) is 8.06. The SMILES string of the molecule is CC1=C(C(=O)OCc2ccccc2)[C@@H](c2cccnc2)c2c(n(C)c(=O)n(C)c2=O)N1. The molecule has 31 heavy (non-hydrogen) atoms. The second-order valence-electron chi connectivity index (χ2n) is 7.41. The topological polar surface area (TPSA) is 95.2 Å². The zero-order chi connectivity index (χ0) is 22.1. The van der Waals surface area contributed by atoms with Crippen LogP contribution in [0, 0.1) is 0 Å². The Morgan fingerprint density at radius 2 is 1.84 bits per heavy atom. The monoisotopic (exact) mass is 418 g/mol. The van der Waals surface area contributed by atoms with Crippen molar-refractivity contribution < 1.29 is 9.53 Å². The summed E-state index contributed by atoms with van der Waals surface area (Å²) in [6.07, 6.45) is 3.23. The molecule has 0 saturated heterocycles. The van der Waals surface area contributed by atoms with E-state index in [1.54, 1.807) is 38.5 Å². The third-order valence-electron chi connectivity index (χ3n) is 5.44. The largest absolute Gasteiger partial charge is 0.457 e. The molecule has 1 atom stereocenters. The highest BCUT2D eigenvalue weighted by Gasteiger charge is 2.37. The second-order valence-corrected chi connectivity index (χ2v) is 7.41. The predicted octanol–water partition coefficient (Wildman–Crippen LogP) is 2.05. The van der Waals surface area contributed by atoms with Crippen LogP contribution in [-0.4, -0.2) is 20.1 Å². The summed E-state index contributed by atoms with van der Waals surface area (Å²) in [5, 5.41) is 3.07. The summed E-state index contributed by atoms with van der Waals surface area (Å²) in [4.78, 5) is 43.0.